The Morgan fingerprint density at radius 3 is 2.68 bits per heavy atom. The molecule has 104 valence electrons. The van der Waals surface area contributed by atoms with Crippen molar-refractivity contribution in [1.82, 2.24) is 5.01 Å². The third kappa shape index (κ3) is 4.91. The first kappa shape index (κ1) is 13.9. The zero-order valence-electron chi connectivity index (χ0n) is 11.5. The van der Waals surface area contributed by atoms with Gasteiger partial charge in [0.05, 0.1) is 39.1 Å². The SMILES string of the molecule is CCCCOc1ccc(C=NN2CCOCC2)cc1. The number of ether oxygens (including phenoxy) is 2. The summed E-state index contributed by atoms with van der Waals surface area (Å²) in [6, 6.07) is 8.06. The van der Waals surface area contributed by atoms with Gasteiger partial charge in [0, 0.05) is 0 Å². The number of morpholine rings is 1. The van der Waals surface area contributed by atoms with E-state index in [1.54, 1.807) is 0 Å². The van der Waals surface area contributed by atoms with Crippen molar-refractivity contribution in [3.05, 3.63) is 29.8 Å². The summed E-state index contributed by atoms with van der Waals surface area (Å²) in [6.07, 6.45) is 4.14. The average Bonchev–Trinajstić information content (AvgIpc) is 2.48. The summed E-state index contributed by atoms with van der Waals surface area (Å²) in [4.78, 5) is 0. The van der Waals surface area contributed by atoms with Gasteiger partial charge < -0.3 is 9.47 Å². The predicted molar refractivity (Wildman–Crippen MR) is 76.8 cm³/mol. The van der Waals surface area contributed by atoms with Gasteiger partial charge in [-0.15, -0.1) is 0 Å². The van der Waals surface area contributed by atoms with Crippen LogP contribution in [0.25, 0.3) is 0 Å². The lowest BCUT2D eigenvalue weighted by molar-refractivity contribution is 0.0397. The van der Waals surface area contributed by atoms with Crippen molar-refractivity contribution in [3.63, 3.8) is 0 Å². The van der Waals surface area contributed by atoms with Crippen molar-refractivity contribution >= 4 is 6.21 Å². The third-order valence-electron chi connectivity index (χ3n) is 3.00. The Bertz CT molecular complexity index is 384. The quantitative estimate of drug-likeness (QED) is 0.583. The van der Waals surface area contributed by atoms with Crippen molar-refractivity contribution < 1.29 is 9.47 Å². The predicted octanol–water partition coefficient (Wildman–Crippen LogP) is 2.53. The Labute approximate surface area is 115 Å². The molecule has 0 spiro atoms. The number of nitrogens with zero attached hydrogens (tertiary/aromatic N) is 2. The molecule has 1 aliphatic heterocycles. The fourth-order valence-electron chi connectivity index (χ4n) is 1.80. The van der Waals surface area contributed by atoms with Crippen LogP contribution in [0.15, 0.2) is 29.4 Å². The molecule has 0 bridgehead atoms. The molecule has 1 aliphatic rings. The molecule has 4 heteroatoms. The minimum absolute atomic E-state index is 0.765. The molecule has 1 aromatic carbocycles. The lowest BCUT2D eigenvalue weighted by atomic mass is 10.2. The standard InChI is InChI=1S/C15H22N2O2/c1-2-3-10-19-15-6-4-14(5-7-15)13-16-17-8-11-18-12-9-17/h4-7,13H,2-3,8-12H2,1H3. The van der Waals surface area contributed by atoms with Crippen LogP contribution >= 0.6 is 0 Å². The molecule has 1 fully saturated rings. The molecular formula is C15H22N2O2. The molecular weight excluding hydrogens is 240 g/mol. The van der Waals surface area contributed by atoms with Crippen LogP contribution in [-0.4, -0.2) is 44.1 Å². The highest BCUT2D eigenvalue weighted by atomic mass is 16.5. The van der Waals surface area contributed by atoms with E-state index in [1.807, 2.05) is 35.5 Å². The summed E-state index contributed by atoms with van der Waals surface area (Å²) in [5, 5.41) is 6.48. The molecule has 0 amide bonds. The van der Waals surface area contributed by atoms with E-state index in [0.29, 0.717) is 0 Å². The van der Waals surface area contributed by atoms with Crippen LogP contribution in [0.5, 0.6) is 5.75 Å². The minimum Gasteiger partial charge on any atom is -0.494 e. The first-order valence-electron chi connectivity index (χ1n) is 6.98. The van der Waals surface area contributed by atoms with Crippen LogP contribution in [0.4, 0.5) is 0 Å². The Morgan fingerprint density at radius 2 is 2.00 bits per heavy atom. The molecule has 0 atom stereocenters. The van der Waals surface area contributed by atoms with E-state index in [-0.39, 0.29) is 0 Å². The van der Waals surface area contributed by atoms with Crippen molar-refractivity contribution in [2.24, 2.45) is 5.10 Å². The highest BCUT2D eigenvalue weighted by Gasteiger charge is 2.06. The van der Waals surface area contributed by atoms with E-state index in [0.717, 1.165) is 57.1 Å². The van der Waals surface area contributed by atoms with Crippen LogP contribution in [0, 0.1) is 0 Å². The second kappa shape index (κ2) is 7.79. The molecule has 0 radical (unpaired) electrons. The molecule has 19 heavy (non-hydrogen) atoms. The lowest BCUT2D eigenvalue weighted by Crippen LogP contribution is -2.32. The second-order valence-corrected chi connectivity index (χ2v) is 4.58. The second-order valence-electron chi connectivity index (χ2n) is 4.58. The van der Waals surface area contributed by atoms with E-state index in [1.165, 1.54) is 0 Å². The monoisotopic (exact) mass is 262 g/mol. The first-order chi connectivity index (χ1) is 9.38. The van der Waals surface area contributed by atoms with Gasteiger partial charge in [-0.3, -0.25) is 5.01 Å². The van der Waals surface area contributed by atoms with E-state index in [4.69, 9.17) is 9.47 Å². The summed E-state index contributed by atoms with van der Waals surface area (Å²) in [5.41, 5.74) is 1.09. The van der Waals surface area contributed by atoms with Gasteiger partial charge in [0.2, 0.25) is 0 Å². The first-order valence-corrected chi connectivity index (χ1v) is 6.98. The summed E-state index contributed by atoms with van der Waals surface area (Å²) < 4.78 is 10.9. The van der Waals surface area contributed by atoms with Gasteiger partial charge >= 0.3 is 0 Å². The number of hydrogen-bond acceptors (Lipinski definition) is 4. The third-order valence-corrected chi connectivity index (χ3v) is 3.00. The highest BCUT2D eigenvalue weighted by molar-refractivity contribution is 5.79. The largest absolute Gasteiger partial charge is 0.494 e. The van der Waals surface area contributed by atoms with Gasteiger partial charge in [-0.2, -0.15) is 5.10 Å². The van der Waals surface area contributed by atoms with Gasteiger partial charge in [-0.05, 0) is 36.2 Å². The van der Waals surface area contributed by atoms with Crippen LogP contribution in [0.1, 0.15) is 25.3 Å². The van der Waals surface area contributed by atoms with E-state index < -0.39 is 0 Å². The van der Waals surface area contributed by atoms with Gasteiger partial charge in [0.25, 0.3) is 0 Å². The molecule has 0 aromatic heterocycles. The molecule has 1 aromatic rings. The van der Waals surface area contributed by atoms with Crippen molar-refractivity contribution in [3.8, 4) is 5.75 Å². The van der Waals surface area contributed by atoms with Crippen LogP contribution in [-0.2, 0) is 4.74 Å². The Morgan fingerprint density at radius 1 is 1.26 bits per heavy atom. The van der Waals surface area contributed by atoms with Gasteiger partial charge in [0.15, 0.2) is 0 Å². The highest BCUT2D eigenvalue weighted by Crippen LogP contribution is 2.12. The van der Waals surface area contributed by atoms with Gasteiger partial charge in [-0.1, -0.05) is 13.3 Å². The maximum absolute atomic E-state index is 5.62. The van der Waals surface area contributed by atoms with Crippen molar-refractivity contribution in [2.45, 2.75) is 19.8 Å². The summed E-state index contributed by atoms with van der Waals surface area (Å²) >= 11 is 0. The molecule has 0 aliphatic carbocycles. The molecule has 1 heterocycles. The van der Waals surface area contributed by atoms with Crippen LogP contribution < -0.4 is 4.74 Å². The van der Waals surface area contributed by atoms with Crippen LogP contribution in [0.2, 0.25) is 0 Å². The Kier molecular flexibility index (Phi) is 5.69. The maximum atomic E-state index is 5.62. The van der Waals surface area contributed by atoms with E-state index in [2.05, 4.69) is 12.0 Å². The van der Waals surface area contributed by atoms with Crippen molar-refractivity contribution in [1.29, 1.82) is 0 Å². The minimum atomic E-state index is 0.765. The molecule has 4 nitrogen and oxygen atoms in total. The van der Waals surface area contributed by atoms with E-state index in [9.17, 15) is 0 Å². The summed E-state index contributed by atoms with van der Waals surface area (Å²) in [7, 11) is 0. The Balaban J connectivity index is 1.82. The zero-order valence-corrected chi connectivity index (χ0v) is 11.5. The number of hydrazone groups is 1. The summed E-state index contributed by atoms with van der Waals surface area (Å²) in [6.45, 7) is 6.22. The number of unbranched alkanes of at least 4 members (excludes halogenated alkanes) is 1. The molecule has 0 saturated carbocycles. The Hall–Kier alpha value is -1.55. The van der Waals surface area contributed by atoms with Crippen LogP contribution in [0.3, 0.4) is 0 Å². The number of hydrogen-bond donors (Lipinski definition) is 0. The average molecular weight is 262 g/mol. The van der Waals surface area contributed by atoms with Crippen molar-refractivity contribution in [2.75, 3.05) is 32.9 Å². The number of benzene rings is 1. The van der Waals surface area contributed by atoms with Gasteiger partial charge in [0.1, 0.15) is 5.75 Å². The molecule has 0 unspecified atom stereocenters. The smallest absolute Gasteiger partial charge is 0.119 e. The summed E-state index contributed by atoms with van der Waals surface area (Å²) in [5.74, 6) is 0.928. The number of rotatable bonds is 6. The normalized spacial score (nSPS) is 15.9. The topological polar surface area (TPSA) is 34.1 Å². The molecule has 0 N–H and O–H groups in total. The molecule has 2 rings (SSSR count). The molecule has 1 saturated heterocycles. The zero-order chi connectivity index (χ0) is 13.3. The van der Waals surface area contributed by atoms with Gasteiger partial charge in [-0.25, -0.2) is 0 Å². The lowest BCUT2D eigenvalue weighted by Gasteiger charge is -2.23. The fourth-order valence-corrected chi connectivity index (χ4v) is 1.80. The maximum Gasteiger partial charge on any atom is 0.119 e. The fraction of sp³-hybridized carbons (Fsp3) is 0.533. The van der Waals surface area contributed by atoms with E-state index >= 15 is 0 Å².